The number of ether oxygens (including phenoxy) is 1. The Kier molecular flexibility index (Phi) is 7.08. The number of fused-ring (bicyclic) bond motifs is 5. The number of cyclic esters (lactones) is 1. The highest BCUT2D eigenvalue weighted by molar-refractivity contribution is 5.96. The van der Waals surface area contributed by atoms with Crippen LogP contribution in [0, 0.1) is 12.7 Å². The number of aromatic nitrogens is 2. The molecular formula is C31H32F3N5O6. The van der Waals surface area contributed by atoms with E-state index < -0.39 is 58.8 Å². The Hall–Kier alpha value is -4.30. The molecular weight excluding hydrogens is 595 g/mol. The zero-order chi connectivity index (χ0) is 32.7. The van der Waals surface area contributed by atoms with Gasteiger partial charge in [-0.1, -0.05) is 6.92 Å². The first-order valence-electron chi connectivity index (χ1n) is 14.6. The molecule has 1 aliphatic carbocycles. The third kappa shape index (κ3) is 4.36. The van der Waals surface area contributed by atoms with E-state index in [1.807, 2.05) is 0 Å². The van der Waals surface area contributed by atoms with E-state index in [2.05, 4.69) is 10.6 Å². The summed E-state index contributed by atoms with van der Waals surface area (Å²) in [5, 5.41) is 16.5. The van der Waals surface area contributed by atoms with E-state index in [1.165, 1.54) is 23.6 Å². The minimum Gasteiger partial charge on any atom is -0.458 e. The van der Waals surface area contributed by atoms with Gasteiger partial charge < -0.3 is 30.8 Å². The Morgan fingerprint density at radius 3 is 2.62 bits per heavy atom. The first-order chi connectivity index (χ1) is 21.1. The summed E-state index contributed by atoms with van der Waals surface area (Å²) in [5.41, 5.74) is 3.35. The van der Waals surface area contributed by atoms with Gasteiger partial charge in [0.15, 0.2) is 11.1 Å². The number of rotatable bonds is 6. The molecule has 5 N–H and O–H groups in total. The summed E-state index contributed by atoms with van der Waals surface area (Å²) < 4.78 is 50.3. The molecule has 4 heterocycles. The van der Waals surface area contributed by atoms with Crippen molar-refractivity contribution in [3.8, 4) is 11.4 Å². The van der Waals surface area contributed by atoms with Crippen molar-refractivity contribution in [2.24, 2.45) is 5.73 Å². The van der Waals surface area contributed by atoms with Gasteiger partial charge in [-0.3, -0.25) is 14.4 Å². The van der Waals surface area contributed by atoms with Gasteiger partial charge >= 0.3 is 5.97 Å². The molecule has 3 aliphatic rings. The number of carbonyl (C=O) groups excluding carboxylic acids is 3. The molecule has 0 saturated carbocycles. The van der Waals surface area contributed by atoms with Gasteiger partial charge in [-0.05, 0) is 62.8 Å². The van der Waals surface area contributed by atoms with Crippen LogP contribution in [0.1, 0.15) is 73.0 Å². The molecule has 0 bridgehead atoms. The fourth-order valence-electron chi connectivity index (χ4n) is 6.59. The second-order valence-electron chi connectivity index (χ2n) is 12.2. The van der Waals surface area contributed by atoms with Gasteiger partial charge in [0.2, 0.25) is 5.91 Å². The summed E-state index contributed by atoms with van der Waals surface area (Å²) in [7, 11) is 0. The molecule has 1 aromatic carbocycles. The van der Waals surface area contributed by atoms with Crippen LogP contribution < -0.4 is 21.9 Å². The highest BCUT2D eigenvalue weighted by Crippen LogP contribution is 2.46. The van der Waals surface area contributed by atoms with E-state index in [1.54, 1.807) is 13.8 Å². The third-order valence-electron chi connectivity index (χ3n) is 9.39. The lowest BCUT2D eigenvalue weighted by Crippen LogP contribution is -2.63. The summed E-state index contributed by atoms with van der Waals surface area (Å²) >= 11 is 0. The first kappa shape index (κ1) is 30.7. The van der Waals surface area contributed by atoms with Gasteiger partial charge in [0.1, 0.15) is 12.4 Å². The number of nitrogens with two attached hydrogens (primary N) is 1. The van der Waals surface area contributed by atoms with Gasteiger partial charge in [-0.15, -0.1) is 0 Å². The summed E-state index contributed by atoms with van der Waals surface area (Å²) in [6, 6.07) is 0.730. The second-order valence-corrected chi connectivity index (χ2v) is 12.2. The Bertz CT molecular complexity index is 1890. The highest BCUT2D eigenvalue weighted by atomic mass is 19.3. The number of nitrogens with one attached hydrogen (secondary N) is 2. The number of aliphatic hydroxyl groups is 1. The minimum absolute atomic E-state index is 0.0245. The molecule has 0 radical (unpaired) electrons. The van der Waals surface area contributed by atoms with Crippen LogP contribution in [0.25, 0.3) is 22.3 Å². The lowest BCUT2D eigenvalue weighted by Gasteiger charge is -2.34. The zero-order valence-corrected chi connectivity index (χ0v) is 25.0. The van der Waals surface area contributed by atoms with Crippen molar-refractivity contribution in [2.45, 2.75) is 89.8 Å². The Morgan fingerprint density at radius 2 is 1.98 bits per heavy atom. The van der Waals surface area contributed by atoms with Crippen molar-refractivity contribution in [3.63, 3.8) is 0 Å². The van der Waals surface area contributed by atoms with Crippen LogP contribution in [0.4, 0.5) is 13.2 Å². The monoisotopic (exact) mass is 627 g/mol. The smallest absolute Gasteiger partial charge is 0.343 e. The standard InChI is InChI=1S/C31H32F3N5O6/c1-5-31(44)17-8-21-24-15(10-39(21)26(41)16(17)11-45-29(31)43)23-19(7-6-14-12(2)18(32)9-20(36-24)22(14)23)37-28(42)30(4,27(33)34)38-25(40)13(3)35/h8-9,13,19,27,44H,5-7,10-11,35H2,1-4H3,(H,37,42)(H,38,40)/t13-,19-,30?,31-/m0/s1. The zero-order valence-electron chi connectivity index (χ0n) is 25.0. The summed E-state index contributed by atoms with van der Waals surface area (Å²) in [4.78, 5) is 56.9. The largest absolute Gasteiger partial charge is 0.458 e. The second kappa shape index (κ2) is 10.4. The number of halogens is 3. The van der Waals surface area contributed by atoms with Crippen molar-refractivity contribution in [3.05, 3.63) is 61.7 Å². The number of aryl methyl sites for hydroxylation is 1. The molecule has 0 fully saturated rings. The number of carbonyl (C=O) groups is 3. The van der Waals surface area contributed by atoms with Gasteiger partial charge in [0.25, 0.3) is 17.9 Å². The summed E-state index contributed by atoms with van der Waals surface area (Å²) in [6.07, 6.45) is -2.85. The molecule has 2 aliphatic heterocycles. The van der Waals surface area contributed by atoms with E-state index in [4.69, 9.17) is 15.5 Å². The summed E-state index contributed by atoms with van der Waals surface area (Å²) in [5.74, 6) is -3.48. The molecule has 14 heteroatoms. The lowest BCUT2D eigenvalue weighted by molar-refractivity contribution is -0.172. The number of benzene rings is 1. The number of nitrogens with zero attached hydrogens (tertiary/aromatic N) is 2. The fourth-order valence-corrected chi connectivity index (χ4v) is 6.59. The molecule has 0 spiro atoms. The predicted molar refractivity (Wildman–Crippen MR) is 155 cm³/mol. The first-order valence-corrected chi connectivity index (χ1v) is 14.6. The number of hydrogen-bond acceptors (Lipinski definition) is 8. The number of hydrogen-bond donors (Lipinski definition) is 4. The SMILES string of the molecule is CC[C@@]1(O)C(=O)OCc2c1cc1n(c2=O)Cc2c-1nc1cc(F)c(C)c3c1c2[C@@H](NC(=O)C(C)(NC(=O)[C@H](C)N)C(F)F)CC3. The predicted octanol–water partition coefficient (Wildman–Crippen LogP) is 2.12. The van der Waals surface area contributed by atoms with Crippen molar-refractivity contribution >= 4 is 28.7 Å². The maximum Gasteiger partial charge on any atom is 0.343 e. The number of amides is 2. The van der Waals surface area contributed by atoms with Gasteiger partial charge in [-0.25, -0.2) is 22.9 Å². The van der Waals surface area contributed by atoms with Crippen LogP contribution in [0.2, 0.25) is 0 Å². The maximum atomic E-state index is 15.1. The average Bonchev–Trinajstić information content (AvgIpc) is 3.36. The molecule has 2 aromatic heterocycles. The Labute approximate surface area is 254 Å². The van der Waals surface area contributed by atoms with Crippen LogP contribution in [-0.4, -0.2) is 50.4 Å². The molecule has 0 saturated heterocycles. The number of alkyl halides is 2. The number of pyridine rings is 2. The van der Waals surface area contributed by atoms with E-state index >= 15 is 4.39 Å². The minimum atomic E-state index is -3.29. The summed E-state index contributed by atoms with van der Waals surface area (Å²) in [6.45, 7) is 5.05. The maximum absolute atomic E-state index is 15.1. The van der Waals surface area contributed by atoms with Gasteiger partial charge in [0.05, 0.1) is 41.1 Å². The van der Waals surface area contributed by atoms with Crippen LogP contribution in [0.15, 0.2) is 16.9 Å². The molecule has 11 nitrogen and oxygen atoms in total. The Morgan fingerprint density at radius 1 is 1.27 bits per heavy atom. The van der Waals surface area contributed by atoms with Crippen LogP contribution in [0.3, 0.4) is 0 Å². The van der Waals surface area contributed by atoms with E-state index in [-0.39, 0.29) is 54.0 Å². The van der Waals surface area contributed by atoms with E-state index in [0.717, 1.165) is 6.92 Å². The molecule has 238 valence electrons. The van der Waals surface area contributed by atoms with Crippen molar-refractivity contribution in [2.75, 3.05) is 0 Å². The molecule has 45 heavy (non-hydrogen) atoms. The third-order valence-corrected chi connectivity index (χ3v) is 9.39. The van der Waals surface area contributed by atoms with Crippen LogP contribution in [-0.2, 0) is 44.3 Å². The van der Waals surface area contributed by atoms with Crippen molar-refractivity contribution in [1.29, 1.82) is 0 Å². The van der Waals surface area contributed by atoms with Crippen LogP contribution in [0.5, 0.6) is 0 Å². The highest BCUT2D eigenvalue weighted by Gasteiger charge is 2.48. The van der Waals surface area contributed by atoms with Crippen molar-refractivity contribution < 1.29 is 37.4 Å². The fraction of sp³-hybridized carbons (Fsp3) is 0.452. The average molecular weight is 628 g/mol. The normalized spacial score (nSPS) is 21.8. The lowest BCUT2D eigenvalue weighted by atomic mass is 9.81. The van der Waals surface area contributed by atoms with E-state index in [9.17, 15) is 33.1 Å². The van der Waals surface area contributed by atoms with Gasteiger partial charge in [0, 0.05) is 22.6 Å². The van der Waals surface area contributed by atoms with Gasteiger partial charge in [-0.2, -0.15) is 0 Å². The topological polar surface area (TPSA) is 166 Å². The van der Waals surface area contributed by atoms with E-state index in [0.29, 0.717) is 34.1 Å². The van der Waals surface area contributed by atoms with Crippen molar-refractivity contribution in [1.82, 2.24) is 20.2 Å². The molecule has 3 aromatic rings. The molecule has 1 unspecified atom stereocenters. The number of esters is 1. The Balaban J connectivity index is 1.54. The molecule has 6 rings (SSSR count). The molecule has 2 amide bonds. The van der Waals surface area contributed by atoms with Crippen LogP contribution >= 0.6 is 0 Å². The molecule has 4 atom stereocenters. The quantitative estimate of drug-likeness (QED) is 0.236.